The Morgan fingerprint density at radius 3 is 1.35 bits per heavy atom. The number of hydrogen-bond donors (Lipinski definition) is 1. The van der Waals surface area contributed by atoms with Gasteiger partial charge in [-0.15, -0.1) is 0 Å². The van der Waals surface area contributed by atoms with Crippen molar-refractivity contribution in [2.75, 3.05) is 0 Å². The quantitative estimate of drug-likeness (QED) is 0.0399. The van der Waals surface area contributed by atoms with Crippen LogP contribution in [0.2, 0.25) is 0 Å². The first-order valence-electron chi connectivity index (χ1n) is 21.1. The van der Waals surface area contributed by atoms with Gasteiger partial charge in [0.05, 0.1) is 0 Å². The molecule has 0 aromatic heterocycles. The zero-order chi connectivity index (χ0) is 35.7. The first kappa shape index (κ1) is 46.9. The predicted octanol–water partition coefficient (Wildman–Crippen LogP) is 14.7. The maximum atomic E-state index is 12.6. The van der Waals surface area contributed by atoms with Gasteiger partial charge in [0.25, 0.3) is 0 Å². The van der Waals surface area contributed by atoms with Crippen molar-refractivity contribution in [3.05, 3.63) is 48.6 Å². The van der Waals surface area contributed by atoms with Gasteiger partial charge in [-0.2, -0.15) is 0 Å². The van der Waals surface area contributed by atoms with Gasteiger partial charge in [0.2, 0.25) is 0 Å². The largest absolute Gasteiger partial charge is 0.481 e. The SMILES string of the molecule is CCCCCC/C=C\C/C=C\C(CCCCCCC(=O)O)OC(=O)CCCCCCCCCCCCC/C=C\C/C=C\CCCCCCC. The molecule has 4 nitrogen and oxygen atoms in total. The van der Waals surface area contributed by atoms with Crippen molar-refractivity contribution in [3.63, 3.8) is 0 Å². The molecule has 49 heavy (non-hydrogen) atoms. The topological polar surface area (TPSA) is 63.6 Å². The van der Waals surface area contributed by atoms with Crippen LogP contribution in [0.4, 0.5) is 0 Å². The fourth-order valence-corrected chi connectivity index (χ4v) is 6.10. The van der Waals surface area contributed by atoms with E-state index in [2.05, 4.69) is 62.5 Å². The fourth-order valence-electron chi connectivity index (χ4n) is 6.10. The third kappa shape index (κ3) is 40.2. The first-order valence-corrected chi connectivity index (χ1v) is 21.1. The standard InChI is InChI=1S/C45H80O4/c1-3-5-7-9-11-13-14-15-16-17-18-19-20-21-22-23-24-25-26-28-30-32-38-42-45(48)49-43(40-36-33-34-37-41-44(46)47)39-35-31-29-27-12-10-8-6-4-2/h14-15,17-18,27,29,35,39,43H,3-13,16,19-26,28,30-34,36-38,40-42H2,1-2H3,(H,46,47)/b15-14-,18-17-,29-27-,39-35-. The van der Waals surface area contributed by atoms with Crippen LogP contribution in [0.5, 0.6) is 0 Å². The lowest BCUT2D eigenvalue weighted by Crippen LogP contribution is -2.16. The summed E-state index contributed by atoms with van der Waals surface area (Å²) in [5.74, 6) is -0.807. The van der Waals surface area contributed by atoms with Crippen LogP contribution in [0.1, 0.15) is 219 Å². The highest BCUT2D eigenvalue weighted by Gasteiger charge is 2.11. The first-order chi connectivity index (χ1) is 24.1. The Hall–Kier alpha value is -2.10. The van der Waals surface area contributed by atoms with Gasteiger partial charge >= 0.3 is 11.9 Å². The number of rotatable bonds is 38. The van der Waals surface area contributed by atoms with E-state index in [9.17, 15) is 9.59 Å². The van der Waals surface area contributed by atoms with Crippen molar-refractivity contribution >= 4 is 11.9 Å². The summed E-state index contributed by atoms with van der Waals surface area (Å²) in [4.78, 5) is 23.3. The average Bonchev–Trinajstić information content (AvgIpc) is 3.09. The summed E-state index contributed by atoms with van der Waals surface area (Å²) in [6.07, 6.45) is 54.4. The second-order valence-corrected chi connectivity index (χ2v) is 14.2. The van der Waals surface area contributed by atoms with Crippen molar-refractivity contribution < 1.29 is 19.4 Å². The smallest absolute Gasteiger partial charge is 0.306 e. The molecule has 0 aromatic rings. The highest BCUT2D eigenvalue weighted by molar-refractivity contribution is 5.69. The van der Waals surface area contributed by atoms with E-state index in [1.54, 1.807) is 0 Å². The molecule has 0 spiro atoms. The van der Waals surface area contributed by atoms with Crippen molar-refractivity contribution in [1.29, 1.82) is 0 Å². The molecule has 0 radical (unpaired) electrons. The van der Waals surface area contributed by atoms with E-state index in [-0.39, 0.29) is 18.5 Å². The lowest BCUT2D eigenvalue weighted by Gasteiger charge is -2.14. The molecule has 0 amide bonds. The van der Waals surface area contributed by atoms with Gasteiger partial charge in [-0.05, 0) is 83.1 Å². The molecule has 0 saturated heterocycles. The Morgan fingerprint density at radius 1 is 0.469 bits per heavy atom. The number of carboxylic acids is 1. The summed E-state index contributed by atoms with van der Waals surface area (Å²) in [5, 5.41) is 8.83. The van der Waals surface area contributed by atoms with Crippen LogP contribution in [0.3, 0.4) is 0 Å². The van der Waals surface area contributed by atoms with E-state index in [1.807, 2.05) is 0 Å². The van der Waals surface area contributed by atoms with E-state index in [1.165, 1.54) is 128 Å². The third-order valence-corrected chi connectivity index (χ3v) is 9.26. The van der Waals surface area contributed by atoms with Crippen LogP contribution in [0.15, 0.2) is 48.6 Å². The van der Waals surface area contributed by atoms with Gasteiger partial charge in [-0.25, -0.2) is 0 Å². The van der Waals surface area contributed by atoms with Crippen LogP contribution < -0.4 is 0 Å². The maximum absolute atomic E-state index is 12.6. The van der Waals surface area contributed by atoms with Gasteiger partial charge in [0.15, 0.2) is 0 Å². The zero-order valence-electron chi connectivity index (χ0n) is 32.5. The molecule has 0 aliphatic rings. The number of carbonyl (C=O) groups is 2. The Kier molecular flexibility index (Phi) is 38.6. The summed E-state index contributed by atoms with van der Waals surface area (Å²) in [5.41, 5.74) is 0. The van der Waals surface area contributed by atoms with Crippen LogP contribution in [0, 0.1) is 0 Å². The van der Waals surface area contributed by atoms with Crippen LogP contribution in [-0.2, 0) is 14.3 Å². The van der Waals surface area contributed by atoms with Gasteiger partial charge in [-0.1, -0.05) is 172 Å². The third-order valence-electron chi connectivity index (χ3n) is 9.26. The Bertz CT molecular complexity index is 824. The highest BCUT2D eigenvalue weighted by atomic mass is 16.5. The molecule has 0 fully saturated rings. The molecule has 0 rings (SSSR count). The van der Waals surface area contributed by atoms with Crippen LogP contribution in [0.25, 0.3) is 0 Å². The molecule has 0 saturated carbocycles. The minimum Gasteiger partial charge on any atom is -0.481 e. The number of hydrogen-bond acceptors (Lipinski definition) is 3. The minimum absolute atomic E-state index is 0.0807. The molecular formula is C45H80O4. The molecular weight excluding hydrogens is 604 g/mol. The van der Waals surface area contributed by atoms with Gasteiger partial charge in [0, 0.05) is 12.8 Å². The molecule has 0 bridgehead atoms. The molecule has 4 heteroatoms. The van der Waals surface area contributed by atoms with Gasteiger partial charge in [0.1, 0.15) is 6.10 Å². The number of carboxylic acid groups (broad SMARTS) is 1. The number of carbonyl (C=O) groups excluding carboxylic acids is 1. The number of ether oxygens (including phenoxy) is 1. The van der Waals surface area contributed by atoms with E-state index in [0.717, 1.165) is 57.8 Å². The lowest BCUT2D eigenvalue weighted by molar-refractivity contribution is -0.147. The van der Waals surface area contributed by atoms with Crippen LogP contribution in [-0.4, -0.2) is 23.1 Å². The highest BCUT2D eigenvalue weighted by Crippen LogP contribution is 2.16. The normalized spacial score (nSPS) is 12.7. The molecule has 1 N–H and O–H groups in total. The molecule has 284 valence electrons. The summed E-state index contributed by atoms with van der Waals surface area (Å²) in [6.45, 7) is 4.51. The Labute approximate surface area is 304 Å². The second-order valence-electron chi connectivity index (χ2n) is 14.2. The summed E-state index contributed by atoms with van der Waals surface area (Å²) >= 11 is 0. The average molecular weight is 685 g/mol. The van der Waals surface area contributed by atoms with Gasteiger partial charge < -0.3 is 9.84 Å². The van der Waals surface area contributed by atoms with E-state index < -0.39 is 5.97 Å². The molecule has 1 atom stereocenters. The monoisotopic (exact) mass is 685 g/mol. The fraction of sp³-hybridized carbons (Fsp3) is 0.778. The van der Waals surface area contributed by atoms with E-state index >= 15 is 0 Å². The van der Waals surface area contributed by atoms with Crippen LogP contribution >= 0.6 is 0 Å². The molecule has 0 aliphatic carbocycles. The number of aliphatic carboxylic acids is 1. The zero-order valence-corrected chi connectivity index (χ0v) is 32.5. The van der Waals surface area contributed by atoms with Crippen molar-refractivity contribution in [2.45, 2.75) is 225 Å². The summed E-state index contributed by atoms with van der Waals surface area (Å²) in [6, 6.07) is 0. The van der Waals surface area contributed by atoms with Crippen molar-refractivity contribution in [3.8, 4) is 0 Å². The number of allylic oxidation sites excluding steroid dienone is 7. The molecule has 0 heterocycles. The van der Waals surface area contributed by atoms with E-state index in [4.69, 9.17) is 9.84 Å². The van der Waals surface area contributed by atoms with Crippen molar-refractivity contribution in [2.24, 2.45) is 0 Å². The Morgan fingerprint density at radius 2 is 0.857 bits per heavy atom. The predicted molar refractivity (Wildman–Crippen MR) is 213 cm³/mol. The molecule has 1 unspecified atom stereocenters. The second kappa shape index (κ2) is 40.3. The van der Waals surface area contributed by atoms with E-state index in [0.29, 0.717) is 12.8 Å². The minimum atomic E-state index is -0.726. The summed E-state index contributed by atoms with van der Waals surface area (Å²) in [7, 11) is 0. The lowest BCUT2D eigenvalue weighted by atomic mass is 10.0. The van der Waals surface area contributed by atoms with Crippen molar-refractivity contribution in [1.82, 2.24) is 0 Å². The molecule has 0 aliphatic heterocycles. The summed E-state index contributed by atoms with van der Waals surface area (Å²) < 4.78 is 5.87. The number of unbranched alkanes of at least 4 members (excludes halogenated alkanes) is 23. The van der Waals surface area contributed by atoms with Gasteiger partial charge in [-0.3, -0.25) is 9.59 Å². The maximum Gasteiger partial charge on any atom is 0.306 e. The number of esters is 1. The molecule has 0 aromatic carbocycles. The Balaban J connectivity index is 3.88.